The minimum atomic E-state index is 0.129. The lowest BCUT2D eigenvalue weighted by atomic mass is 10.1. The van der Waals surface area contributed by atoms with Gasteiger partial charge in [-0.2, -0.15) is 0 Å². The van der Waals surface area contributed by atoms with E-state index in [0.717, 1.165) is 51.3 Å². The Morgan fingerprint density at radius 2 is 1.79 bits per heavy atom. The maximum atomic E-state index is 12.0. The van der Waals surface area contributed by atoms with E-state index in [1.54, 1.807) is 0 Å². The average Bonchev–Trinajstić information content (AvgIpc) is 2.61. The summed E-state index contributed by atoms with van der Waals surface area (Å²) < 4.78 is 5.53. The summed E-state index contributed by atoms with van der Waals surface area (Å²) in [5.74, 6) is 0.129. The van der Waals surface area contributed by atoms with Gasteiger partial charge in [0.1, 0.15) is 0 Å². The Hall–Kier alpha value is -1.43. The van der Waals surface area contributed by atoms with Crippen LogP contribution in [0.1, 0.15) is 30.9 Å². The van der Waals surface area contributed by atoms with E-state index in [1.165, 1.54) is 5.56 Å². The standard InChI is InChI=1S/C19H31N3O2/c1-3-14-24-16-18-6-4-17(5-7-18)15-20-19(23)8-9-22-12-10-21(2)11-13-22/h4-7H,3,8-16H2,1-2H3,(H,20,23). The van der Waals surface area contributed by atoms with Gasteiger partial charge < -0.3 is 19.9 Å². The van der Waals surface area contributed by atoms with Crippen molar-refractivity contribution in [2.45, 2.75) is 32.9 Å². The van der Waals surface area contributed by atoms with Gasteiger partial charge in [-0.25, -0.2) is 0 Å². The Kier molecular flexibility index (Phi) is 8.22. The number of likely N-dealkylation sites (N-methyl/N-ethyl adjacent to an activating group) is 1. The SMILES string of the molecule is CCCOCc1ccc(CNC(=O)CCN2CCN(C)CC2)cc1. The van der Waals surface area contributed by atoms with Crippen LogP contribution in [0, 0.1) is 0 Å². The van der Waals surface area contributed by atoms with Gasteiger partial charge in [-0.15, -0.1) is 0 Å². The highest BCUT2D eigenvalue weighted by Gasteiger charge is 2.14. The van der Waals surface area contributed by atoms with Gasteiger partial charge in [0, 0.05) is 52.3 Å². The van der Waals surface area contributed by atoms with Crippen LogP contribution in [-0.2, 0) is 22.7 Å². The third-order valence-corrected chi connectivity index (χ3v) is 4.38. The van der Waals surface area contributed by atoms with E-state index in [4.69, 9.17) is 4.74 Å². The van der Waals surface area contributed by atoms with Crippen LogP contribution in [0.2, 0.25) is 0 Å². The van der Waals surface area contributed by atoms with Gasteiger partial charge in [-0.1, -0.05) is 31.2 Å². The fourth-order valence-electron chi connectivity index (χ4n) is 2.71. The van der Waals surface area contributed by atoms with Gasteiger partial charge in [-0.3, -0.25) is 4.79 Å². The van der Waals surface area contributed by atoms with E-state index >= 15 is 0 Å². The molecule has 1 heterocycles. The molecule has 0 atom stereocenters. The molecule has 1 amide bonds. The Bertz CT molecular complexity index is 482. The lowest BCUT2D eigenvalue weighted by Gasteiger charge is -2.32. The van der Waals surface area contributed by atoms with Crippen molar-refractivity contribution >= 4 is 5.91 Å². The summed E-state index contributed by atoms with van der Waals surface area (Å²) in [6.07, 6.45) is 1.62. The van der Waals surface area contributed by atoms with Gasteiger partial charge in [-0.05, 0) is 24.6 Å². The molecule has 0 aliphatic carbocycles. The smallest absolute Gasteiger partial charge is 0.221 e. The molecule has 1 fully saturated rings. The van der Waals surface area contributed by atoms with Gasteiger partial charge in [0.05, 0.1) is 6.61 Å². The fourth-order valence-corrected chi connectivity index (χ4v) is 2.71. The molecule has 1 saturated heterocycles. The number of piperazine rings is 1. The van der Waals surface area contributed by atoms with E-state index in [-0.39, 0.29) is 5.91 Å². The normalized spacial score (nSPS) is 16.2. The molecule has 5 nitrogen and oxygen atoms in total. The summed E-state index contributed by atoms with van der Waals surface area (Å²) >= 11 is 0. The number of rotatable bonds is 9. The molecule has 1 aliphatic heterocycles. The predicted molar refractivity (Wildman–Crippen MR) is 96.8 cm³/mol. The molecule has 1 aliphatic rings. The number of hydrogen-bond acceptors (Lipinski definition) is 4. The first-order chi connectivity index (χ1) is 11.7. The van der Waals surface area contributed by atoms with E-state index in [9.17, 15) is 4.79 Å². The van der Waals surface area contributed by atoms with Crippen molar-refractivity contribution in [3.05, 3.63) is 35.4 Å². The second-order valence-electron chi connectivity index (χ2n) is 6.54. The second-order valence-corrected chi connectivity index (χ2v) is 6.54. The number of carbonyl (C=O) groups is 1. The lowest BCUT2D eigenvalue weighted by molar-refractivity contribution is -0.121. The maximum Gasteiger partial charge on any atom is 0.221 e. The Labute approximate surface area is 146 Å². The molecule has 0 spiro atoms. The number of nitrogens with zero attached hydrogens (tertiary/aromatic N) is 2. The second kappa shape index (κ2) is 10.4. The topological polar surface area (TPSA) is 44.8 Å². The molecule has 134 valence electrons. The largest absolute Gasteiger partial charge is 0.377 e. The van der Waals surface area contributed by atoms with E-state index in [1.807, 2.05) is 0 Å². The molecule has 2 rings (SSSR count). The third kappa shape index (κ3) is 6.99. The fraction of sp³-hybridized carbons (Fsp3) is 0.632. The molecular weight excluding hydrogens is 302 g/mol. The van der Waals surface area contributed by atoms with Crippen molar-refractivity contribution in [3.63, 3.8) is 0 Å². The predicted octanol–water partition coefficient (Wildman–Crippen LogP) is 1.87. The summed E-state index contributed by atoms with van der Waals surface area (Å²) in [5, 5.41) is 3.01. The van der Waals surface area contributed by atoms with Crippen LogP contribution in [0.15, 0.2) is 24.3 Å². The van der Waals surface area contributed by atoms with Crippen LogP contribution in [0.5, 0.6) is 0 Å². The van der Waals surface area contributed by atoms with Crippen molar-refractivity contribution in [2.24, 2.45) is 0 Å². The zero-order valence-corrected chi connectivity index (χ0v) is 15.1. The zero-order chi connectivity index (χ0) is 17.2. The van der Waals surface area contributed by atoms with Crippen LogP contribution in [0.4, 0.5) is 0 Å². The molecule has 0 unspecified atom stereocenters. The number of benzene rings is 1. The highest BCUT2D eigenvalue weighted by Crippen LogP contribution is 2.06. The summed E-state index contributed by atoms with van der Waals surface area (Å²) in [4.78, 5) is 16.7. The Balaban J connectivity index is 1.62. The Morgan fingerprint density at radius 3 is 2.46 bits per heavy atom. The highest BCUT2D eigenvalue weighted by molar-refractivity contribution is 5.76. The van der Waals surface area contributed by atoms with Crippen molar-refractivity contribution in [1.29, 1.82) is 0 Å². The van der Waals surface area contributed by atoms with Gasteiger partial charge >= 0.3 is 0 Å². The van der Waals surface area contributed by atoms with E-state index < -0.39 is 0 Å². The molecule has 1 aromatic carbocycles. The first-order valence-electron chi connectivity index (χ1n) is 9.00. The monoisotopic (exact) mass is 333 g/mol. The van der Waals surface area contributed by atoms with Crippen molar-refractivity contribution < 1.29 is 9.53 Å². The minimum absolute atomic E-state index is 0.129. The van der Waals surface area contributed by atoms with Crippen LogP contribution in [0.25, 0.3) is 0 Å². The summed E-state index contributed by atoms with van der Waals surface area (Å²) in [5.41, 5.74) is 2.30. The van der Waals surface area contributed by atoms with E-state index in [0.29, 0.717) is 19.6 Å². The van der Waals surface area contributed by atoms with Crippen LogP contribution in [0.3, 0.4) is 0 Å². The summed E-state index contributed by atoms with van der Waals surface area (Å²) in [6, 6.07) is 8.26. The van der Waals surface area contributed by atoms with Crippen molar-refractivity contribution in [3.8, 4) is 0 Å². The molecular formula is C19H31N3O2. The lowest BCUT2D eigenvalue weighted by Crippen LogP contribution is -2.45. The molecule has 1 aromatic rings. The average molecular weight is 333 g/mol. The molecule has 0 saturated carbocycles. The molecule has 1 N–H and O–H groups in total. The molecule has 0 radical (unpaired) electrons. The van der Waals surface area contributed by atoms with Crippen molar-refractivity contribution in [2.75, 3.05) is 46.4 Å². The van der Waals surface area contributed by atoms with Crippen LogP contribution in [-0.4, -0.2) is 62.1 Å². The Morgan fingerprint density at radius 1 is 1.12 bits per heavy atom. The van der Waals surface area contributed by atoms with Crippen molar-refractivity contribution in [1.82, 2.24) is 15.1 Å². The molecule has 0 aromatic heterocycles. The summed E-state index contributed by atoms with van der Waals surface area (Å²) in [7, 11) is 2.14. The number of carbonyl (C=O) groups excluding carboxylic acids is 1. The number of nitrogens with one attached hydrogen (secondary N) is 1. The van der Waals surface area contributed by atoms with Gasteiger partial charge in [0.15, 0.2) is 0 Å². The van der Waals surface area contributed by atoms with Gasteiger partial charge in [0.2, 0.25) is 5.91 Å². The van der Waals surface area contributed by atoms with Gasteiger partial charge in [0.25, 0.3) is 0 Å². The number of ether oxygens (including phenoxy) is 1. The first kappa shape index (κ1) is 18.9. The quantitative estimate of drug-likeness (QED) is 0.701. The zero-order valence-electron chi connectivity index (χ0n) is 15.1. The molecule has 0 bridgehead atoms. The minimum Gasteiger partial charge on any atom is -0.377 e. The van der Waals surface area contributed by atoms with E-state index in [2.05, 4.69) is 53.4 Å². The van der Waals surface area contributed by atoms with Crippen LogP contribution >= 0.6 is 0 Å². The number of amides is 1. The number of hydrogen-bond donors (Lipinski definition) is 1. The highest BCUT2D eigenvalue weighted by atomic mass is 16.5. The summed E-state index contributed by atoms with van der Waals surface area (Å²) in [6.45, 7) is 9.32. The maximum absolute atomic E-state index is 12.0. The van der Waals surface area contributed by atoms with Crippen LogP contribution < -0.4 is 5.32 Å². The molecule has 5 heteroatoms. The first-order valence-corrected chi connectivity index (χ1v) is 9.00. The third-order valence-electron chi connectivity index (χ3n) is 4.38. The molecule has 24 heavy (non-hydrogen) atoms.